The maximum Gasteiger partial charge on any atom is 0.416 e. The standard InChI is InChI=1S/C29H28F9NO2/c1-16(2)18-5-7-26(41-3)24(11-18)23-6-4-17(13-27(30,31)32)8-20(23)14-39-15-25(40)19-9-21(28(33,34)35)12-22(10-19)29(36,37)38/h4-12,16,25,39-40H,13-15H2,1-3H3. The van der Waals surface area contributed by atoms with Crippen LogP contribution in [0.25, 0.3) is 11.1 Å². The Morgan fingerprint density at radius 1 is 0.756 bits per heavy atom. The fraction of sp³-hybridized carbons (Fsp3) is 0.379. The Balaban J connectivity index is 1.95. The first kappa shape index (κ1) is 32.3. The molecule has 0 aliphatic carbocycles. The largest absolute Gasteiger partial charge is 0.496 e. The molecule has 1 atom stereocenters. The molecule has 0 bridgehead atoms. The fourth-order valence-electron chi connectivity index (χ4n) is 4.33. The number of alkyl halides is 9. The monoisotopic (exact) mass is 593 g/mol. The third kappa shape index (κ3) is 8.62. The summed E-state index contributed by atoms with van der Waals surface area (Å²) in [6.45, 7) is 3.28. The lowest BCUT2D eigenvalue weighted by molar-refractivity contribution is -0.143. The van der Waals surface area contributed by atoms with Crippen LogP contribution in [0.15, 0.2) is 54.6 Å². The van der Waals surface area contributed by atoms with E-state index in [1.165, 1.54) is 25.3 Å². The molecular weight excluding hydrogens is 565 g/mol. The van der Waals surface area contributed by atoms with Gasteiger partial charge in [-0.1, -0.05) is 38.1 Å². The molecule has 0 aliphatic heterocycles. The summed E-state index contributed by atoms with van der Waals surface area (Å²) >= 11 is 0. The molecule has 224 valence electrons. The van der Waals surface area contributed by atoms with Crippen LogP contribution in [0.2, 0.25) is 0 Å². The average Bonchev–Trinajstić information content (AvgIpc) is 2.86. The van der Waals surface area contributed by atoms with E-state index in [1.54, 1.807) is 6.07 Å². The molecule has 3 aromatic rings. The van der Waals surface area contributed by atoms with E-state index in [4.69, 9.17) is 4.74 Å². The van der Waals surface area contributed by atoms with E-state index in [0.29, 0.717) is 34.6 Å². The highest BCUT2D eigenvalue weighted by Gasteiger charge is 2.37. The Kier molecular flexibility index (Phi) is 9.69. The fourth-order valence-corrected chi connectivity index (χ4v) is 4.33. The molecular formula is C29H28F9NO2. The van der Waals surface area contributed by atoms with Crippen molar-refractivity contribution in [3.05, 3.63) is 88.0 Å². The summed E-state index contributed by atoms with van der Waals surface area (Å²) in [5, 5.41) is 13.2. The van der Waals surface area contributed by atoms with Crippen LogP contribution in [-0.4, -0.2) is 24.9 Å². The smallest absolute Gasteiger partial charge is 0.416 e. The van der Waals surface area contributed by atoms with Gasteiger partial charge in [-0.3, -0.25) is 0 Å². The summed E-state index contributed by atoms with van der Waals surface area (Å²) in [7, 11) is 1.43. The van der Waals surface area contributed by atoms with E-state index in [-0.39, 0.29) is 24.1 Å². The van der Waals surface area contributed by atoms with Crippen molar-refractivity contribution in [3.8, 4) is 16.9 Å². The van der Waals surface area contributed by atoms with Crippen molar-refractivity contribution in [1.29, 1.82) is 0 Å². The van der Waals surface area contributed by atoms with E-state index < -0.39 is 54.3 Å². The summed E-state index contributed by atoms with van der Waals surface area (Å²) < 4.78 is 124. The predicted molar refractivity (Wildman–Crippen MR) is 135 cm³/mol. The van der Waals surface area contributed by atoms with Gasteiger partial charge in [0.25, 0.3) is 0 Å². The van der Waals surface area contributed by atoms with E-state index in [9.17, 15) is 44.6 Å². The maximum atomic E-state index is 13.2. The van der Waals surface area contributed by atoms with Crippen molar-refractivity contribution in [3.63, 3.8) is 0 Å². The van der Waals surface area contributed by atoms with Gasteiger partial charge in [0.1, 0.15) is 5.75 Å². The first-order valence-electron chi connectivity index (χ1n) is 12.4. The van der Waals surface area contributed by atoms with Crippen LogP contribution in [-0.2, 0) is 25.3 Å². The first-order valence-corrected chi connectivity index (χ1v) is 12.4. The van der Waals surface area contributed by atoms with E-state index >= 15 is 0 Å². The molecule has 1 unspecified atom stereocenters. The Labute approximate surface area is 231 Å². The highest BCUT2D eigenvalue weighted by molar-refractivity contribution is 5.74. The molecule has 0 amide bonds. The highest BCUT2D eigenvalue weighted by Crippen LogP contribution is 2.38. The molecule has 41 heavy (non-hydrogen) atoms. The minimum Gasteiger partial charge on any atom is -0.496 e. The molecule has 0 saturated heterocycles. The van der Waals surface area contributed by atoms with Gasteiger partial charge in [0.05, 0.1) is 30.8 Å². The number of nitrogens with one attached hydrogen (secondary N) is 1. The molecule has 0 aliphatic rings. The lowest BCUT2D eigenvalue weighted by Crippen LogP contribution is -2.23. The Morgan fingerprint density at radius 3 is 1.88 bits per heavy atom. The molecule has 0 aromatic heterocycles. The summed E-state index contributed by atoms with van der Waals surface area (Å²) in [6.07, 6.45) is -17.6. The van der Waals surface area contributed by atoms with Crippen molar-refractivity contribution in [2.24, 2.45) is 0 Å². The number of aliphatic hydroxyl groups is 1. The summed E-state index contributed by atoms with van der Waals surface area (Å²) in [5.74, 6) is 0.567. The topological polar surface area (TPSA) is 41.5 Å². The third-order valence-electron chi connectivity index (χ3n) is 6.40. The number of hydrogen-bond acceptors (Lipinski definition) is 3. The Hall–Kier alpha value is -3.25. The zero-order chi connectivity index (χ0) is 30.8. The second-order valence-corrected chi connectivity index (χ2v) is 9.88. The lowest BCUT2D eigenvalue weighted by Gasteiger charge is -2.20. The van der Waals surface area contributed by atoms with Crippen LogP contribution in [0.3, 0.4) is 0 Å². The highest BCUT2D eigenvalue weighted by atomic mass is 19.4. The van der Waals surface area contributed by atoms with Crippen LogP contribution >= 0.6 is 0 Å². The summed E-state index contributed by atoms with van der Waals surface area (Å²) in [4.78, 5) is 0. The molecule has 3 nitrogen and oxygen atoms in total. The van der Waals surface area contributed by atoms with E-state index in [0.717, 1.165) is 5.56 Å². The predicted octanol–water partition coefficient (Wildman–Crippen LogP) is 8.45. The molecule has 0 spiro atoms. The zero-order valence-corrected chi connectivity index (χ0v) is 22.2. The maximum absolute atomic E-state index is 13.2. The van der Waals surface area contributed by atoms with Crippen LogP contribution in [0.5, 0.6) is 5.75 Å². The number of methoxy groups -OCH3 is 1. The zero-order valence-electron chi connectivity index (χ0n) is 22.2. The number of halogens is 9. The van der Waals surface area contributed by atoms with Crippen LogP contribution in [0.1, 0.15) is 59.3 Å². The normalized spacial score (nSPS) is 13.5. The van der Waals surface area contributed by atoms with Gasteiger partial charge in [-0.05, 0) is 64.1 Å². The van der Waals surface area contributed by atoms with Crippen LogP contribution < -0.4 is 10.1 Å². The van der Waals surface area contributed by atoms with E-state index in [2.05, 4.69) is 5.32 Å². The molecule has 0 saturated carbocycles. The minimum atomic E-state index is -5.08. The number of rotatable bonds is 9. The van der Waals surface area contributed by atoms with Gasteiger partial charge in [-0.15, -0.1) is 0 Å². The number of hydrogen-bond donors (Lipinski definition) is 2. The van der Waals surface area contributed by atoms with Gasteiger partial charge in [0, 0.05) is 18.7 Å². The molecule has 2 N–H and O–H groups in total. The van der Waals surface area contributed by atoms with Gasteiger partial charge in [-0.25, -0.2) is 0 Å². The SMILES string of the molecule is COc1ccc(C(C)C)cc1-c1ccc(CC(F)(F)F)cc1CNCC(O)c1cc(C(F)(F)F)cc(C(F)(F)F)c1. The summed E-state index contributed by atoms with van der Waals surface area (Å²) in [6, 6.07) is 10.4. The van der Waals surface area contributed by atoms with E-state index in [1.807, 2.05) is 26.0 Å². The number of benzene rings is 3. The van der Waals surface area contributed by atoms with Gasteiger partial charge in [0.2, 0.25) is 0 Å². The lowest BCUT2D eigenvalue weighted by atomic mass is 9.92. The van der Waals surface area contributed by atoms with Crippen LogP contribution in [0, 0.1) is 0 Å². The summed E-state index contributed by atoms with van der Waals surface area (Å²) in [5.41, 5.74) is -1.42. The molecule has 0 heterocycles. The molecule has 3 rings (SSSR count). The average molecular weight is 594 g/mol. The Morgan fingerprint density at radius 2 is 1.37 bits per heavy atom. The van der Waals surface area contributed by atoms with Crippen molar-refractivity contribution in [2.45, 2.75) is 57.4 Å². The van der Waals surface area contributed by atoms with Gasteiger partial charge >= 0.3 is 18.5 Å². The minimum absolute atomic E-state index is 0.0409. The van der Waals surface area contributed by atoms with Crippen molar-refractivity contribution >= 4 is 0 Å². The van der Waals surface area contributed by atoms with Crippen molar-refractivity contribution in [1.82, 2.24) is 5.32 Å². The first-order chi connectivity index (χ1) is 18.9. The molecule has 0 fully saturated rings. The van der Waals surface area contributed by atoms with Gasteiger partial charge in [0.15, 0.2) is 0 Å². The third-order valence-corrected chi connectivity index (χ3v) is 6.40. The Bertz CT molecular complexity index is 1310. The van der Waals surface area contributed by atoms with Crippen molar-refractivity contribution < 1.29 is 49.4 Å². The van der Waals surface area contributed by atoms with Gasteiger partial charge < -0.3 is 15.2 Å². The number of ether oxygens (including phenoxy) is 1. The van der Waals surface area contributed by atoms with Crippen LogP contribution in [0.4, 0.5) is 39.5 Å². The quantitative estimate of drug-likeness (QED) is 0.245. The molecule has 3 aromatic carbocycles. The van der Waals surface area contributed by atoms with Gasteiger partial charge in [-0.2, -0.15) is 39.5 Å². The molecule has 0 radical (unpaired) electrons. The number of aliphatic hydroxyl groups excluding tert-OH is 1. The second kappa shape index (κ2) is 12.3. The molecule has 12 heteroatoms. The van der Waals surface area contributed by atoms with Crippen molar-refractivity contribution in [2.75, 3.05) is 13.7 Å². The second-order valence-electron chi connectivity index (χ2n) is 9.88.